The highest BCUT2D eigenvalue weighted by Crippen LogP contribution is 2.32. The number of ether oxygens (including phenoxy) is 1. The zero-order valence-corrected chi connectivity index (χ0v) is 13.3. The van der Waals surface area contributed by atoms with Gasteiger partial charge in [-0.25, -0.2) is 9.37 Å². The third kappa shape index (κ3) is 2.38. The molecule has 0 radical (unpaired) electrons. The number of nitrogens with zero attached hydrogens (tertiary/aromatic N) is 1. The highest BCUT2D eigenvalue weighted by atomic mass is 19.1. The lowest BCUT2D eigenvalue weighted by molar-refractivity contribution is 0.415. The Morgan fingerprint density at radius 3 is 2.38 bits per heavy atom. The van der Waals surface area contributed by atoms with Gasteiger partial charge in [-0.2, -0.15) is 0 Å². The van der Waals surface area contributed by atoms with Gasteiger partial charge in [-0.15, -0.1) is 0 Å². The van der Waals surface area contributed by atoms with Crippen molar-refractivity contribution in [3.05, 3.63) is 72.4 Å². The molecule has 1 heterocycles. The normalized spacial score (nSPS) is 11.1. The van der Waals surface area contributed by atoms with Crippen molar-refractivity contribution < 1.29 is 9.13 Å². The summed E-state index contributed by atoms with van der Waals surface area (Å²) in [7, 11) is 1.62. The van der Waals surface area contributed by atoms with Crippen LogP contribution < -0.4 is 4.74 Å². The van der Waals surface area contributed by atoms with Crippen molar-refractivity contribution in [3.8, 4) is 16.9 Å². The molecule has 24 heavy (non-hydrogen) atoms. The molecule has 0 spiro atoms. The van der Waals surface area contributed by atoms with Crippen LogP contribution >= 0.6 is 0 Å². The van der Waals surface area contributed by atoms with E-state index in [1.807, 2.05) is 48.5 Å². The Hall–Kier alpha value is -2.94. The van der Waals surface area contributed by atoms with E-state index in [-0.39, 0.29) is 0 Å². The molecule has 2 nitrogen and oxygen atoms in total. The summed E-state index contributed by atoms with van der Waals surface area (Å²) in [5, 5.41) is 2.87. The van der Waals surface area contributed by atoms with Crippen molar-refractivity contribution in [1.82, 2.24) is 4.98 Å². The molecule has 1 aromatic heterocycles. The monoisotopic (exact) mass is 317 g/mol. The number of hydrogen-bond acceptors (Lipinski definition) is 2. The summed E-state index contributed by atoms with van der Waals surface area (Å²) >= 11 is 0. The van der Waals surface area contributed by atoms with Crippen molar-refractivity contribution >= 4 is 21.7 Å². The molecule has 0 saturated heterocycles. The van der Waals surface area contributed by atoms with Gasteiger partial charge in [-0.05, 0) is 34.7 Å². The lowest BCUT2D eigenvalue weighted by Gasteiger charge is -2.11. The second-order valence-corrected chi connectivity index (χ2v) is 5.70. The minimum Gasteiger partial charge on any atom is -0.497 e. The number of fused-ring (bicyclic) bond motifs is 3. The van der Waals surface area contributed by atoms with Crippen molar-refractivity contribution in [2.24, 2.45) is 0 Å². The first kappa shape index (κ1) is 14.6. The van der Waals surface area contributed by atoms with Crippen molar-refractivity contribution in [1.29, 1.82) is 0 Å². The maximum atomic E-state index is 13.6. The molecule has 0 aliphatic heterocycles. The summed E-state index contributed by atoms with van der Waals surface area (Å²) in [6, 6.07) is 22.0. The van der Waals surface area contributed by atoms with Crippen molar-refractivity contribution in [3.63, 3.8) is 0 Å². The summed E-state index contributed by atoms with van der Waals surface area (Å²) in [6.45, 7) is -0.595. The molecule has 0 saturated carbocycles. The molecule has 0 fully saturated rings. The highest BCUT2D eigenvalue weighted by molar-refractivity contribution is 6.08. The topological polar surface area (TPSA) is 22.1 Å². The van der Waals surface area contributed by atoms with E-state index in [4.69, 9.17) is 4.74 Å². The van der Waals surface area contributed by atoms with Crippen LogP contribution in [0.3, 0.4) is 0 Å². The SMILES string of the molecule is COc1ccc2c(c1)nc(CF)c1cc(-c3ccccc3)ccc12. The third-order valence-corrected chi connectivity index (χ3v) is 4.31. The largest absolute Gasteiger partial charge is 0.497 e. The maximum Gasteiger partial charge on any atom is 0.132 e. The Kier molecular flexibility index (Phi) is 3.62. The summed E-state index contributed by atoms with van der Waals surface area (Å²) in [5.74, 6) is 0.722. The highest BCUT2D eigenvalue weighted by Gasteiger charge is 2.10. The van der Waals surface area contributed by atoms with Crippen LogP contribution in [-0.4, -0.2) is 12.1 Å². The summed E-state index contributed by atoms with van der Waals surface area (Å²) in [4.78, 5) is 4.51. The predicted octanol–water partition coefficient (Wildman–Crippen LogP) is 5.53. The van der Waals surface area contributed by atoms with Crippen molar-refractivity contribution in [2.75, 3.05) is 7.11 Å². The maximum absolute atomic E-state index is 13.6. The van der Waals surface area contributed by atoms with Crippen LogP contribution in [0.5, 0.6) is 5.75 Å². The number of benzene rings is 3. The number of alkyl halides is 1. The van der Waals surface area contributed by atoms with E-state index < -0.39 is 6.67 Å². The first-order valence-corrected chi connectivity index (χ1v) is 7.82. The number of hydrogen-bond donors (Lipinski definition) is 0. The van der Waals surface area contributed by atoms with E-state index in [9.17, 15) is 4.39 Å². The molecule has 0 bridgehead atoms. The van der Waals surface area contributed by atoms with E-state index in [2.05, 4.69) is 23.2 Å². The fraction of sp³-hybridized carbons (Fsp3) is 0.0952. The lowest BCUT2D eigenvalue weighted by atomic mass is 9.98. The molecule has 0 atom stereocenters. The first-order chi connectivity index (χ1) is 11.8. The Bertz CT molecular complexity index is 1030. The number of rotatable bonds is 3. The molecule has 0 aliphatic rings. The van der Waals surface area contributed by atoms with E-state index in [0.717, 1.165) is 38.6 Å². The number of pyridine rings is 1. The van der Waals surface area contributed by atoms with Gasteiger partial charge >= 0.3 is 0 Å². The summed E-state index contributed by atoms with van der Waals surface area (Å²) in [5.41, 5.74) is 3.39. The van der Waals surface area contributed by atoms with E-state index >= 15 is 0 Å². The fourth-order valence-electron chi connectivity index (χ4n) is 3.09. The smallest absolute Gasteiger partial charge is 0.132 e. The van der Waals surface area contributed by atoms with Crippen LogP contribution in [0, 0.1) is 0 Å². The second kappa shape index (κ2) is 5.93. The van der Waals surface area contributed by atoms with Gasteiger partial charge in [-0.3, -0.25) is 0 Å². The Balaban J connectivity index is 2.01. The molecule has 3 aromatic carbocycles. The van der Waals surface area contributed by atoms with Crippen LogP contribution in [0.2, 0.25) is 0 Å². The Labute approximate surface area is 139 Å². The van der Waals surface area contributed by atoms with Crippen molar-refractivity contribution in [2.45, 2.75) is 6.67 Å². The number of methoxy groups -OCH3 is 1. The minimum atomic E-state index is -0.595. The lowest BCUT2D eigenvalue weighted by Crippen LogP contribution is -1.93. The van der Waals surface area contributed by atoms with Gasteiger partial charge in [0.2, 0.25) is 0 Å². The molecular weight excluding hydrogens is 301 g/mol. The Morgan fingerprint density at radius 1 is 0.833 bits per heavy atom. The van der Waals surface area contributed by atoms with Crippen LogP contribution in [0.1, 0.15) is 5.69 Å². The molecule has 3 heteroatoms. The first-order valence-electron chi connectivity index (χ1n) is 7.82. The zero-order valence-electron chi connectivity index (χ0n) is 13.3. The third-order valence-electron chi connectivity index (χ3n) is 4.31. The number of halogens is 1. The molecule has 0 amide bonds. The van der Waals surface area contributed by atoms with Gasteiger partial charge in [0.15, 0.2) is 0 Å². The van der Waals surface area contributed by atoms with E-state index in [1.165, 1.54) is 0 Å². The standard InChI is InChI=1S/C21H16FNO/c1-24-16-8-10-18-17-9-7-15(14-5-3-2-4-6-14)11-19(17)21(13-22)23-20(18)12-16/h2-12H,13H2,1H3. The molecular formula is C21H16FNO. The molecule has 0 N–H and O–H groups in total. The quantitative estimate of drug-likeness (QED) is 0.463. The number of aromatic nitrogens is 1. The second-order valence-electron chi connectivity index (χ2n) is 5.70. The van der Waals surface area contributed by atoms with Gasteiger partial charge in [-0.1, -0.05) is 42.5 Å². The van der Waals surface area contributed by atoms with Gasteiger partial charge < -0.3 is 4.74 Å². The summed E-state index contributed by atoms with van der Waals surface area (Å²) < 4.78 is 18.9. The molecule has 4 rings (SSSR count). The van der Waals surface area contributed by atoms with Gasteiger partial charge in [0.05, 0.1) is 18.3 Å². The molecule has 0 aliphatic carbocycles. The molecule has 118 valence electrons. The zero-order chi connectivity index (χ0) is 16.5. The van der Waals surface area contributed by atoms with E-state index in [0.29, 0.717) is 5.69 Å². The van der Waals surface area contributed by atoms with Crippen LogP contribution in [0.4, 0.5) is 4.39 Å². The van der Waals surface area contributed by atoms with Crippen LogP contribution in [-0.2, 0) is 6.67 Å². The van der Waals surface area contributed by atoms with Gasteiger partial charge in [0.1, 0.15) is 12.4 Å². The fourth-order valence-corrected chi connectivity index (χ4v) is 3.09. The summed E-state index contributed by atoms with van der Waals surface area (Å²) in [6.07, 6.45) is 0. The Morgan fingerprint density at radius 2 is 1.62 bits per heavy atom. The minimum absolute atomic E-state index is 0.462. The predicted molar refractivity (Wildman–Crippen MR) is 96.0 cm³/mol. The average Bonchev–Trinajstić information content (AvgIpc) is 2.67. The van der Waals surface area contributed by atoms with Gasteiger partial charge in [0.25, 0.3) is 0 Å². The molecule has 4 aromatic rings. The average molecular weight is 317 g/mol. The molecule has 0 unspecified atom stereocenters. The van der Waals surface area contributed by atoms with Crippen LogP contribution in [0.15, 0.2) is 66.7 Å². The van der Waals surface area contributed by atoms with E-state index in [1.54, 1.807) is 7.11 Å². The van der Waals surface area contributed by atoms with Gasteiger partial charge in [0, 0.05) is 16.8 Å². The van der Waals surface area contributed by atoms with Crippen LogP contribution in [0.25, 0.3) is 32.8 Å².